The molecule has 1 fully saturated rings. The summed E-state index contributed by atoms with van der Waals surface area (Å²) < 4.78 is 32.1. The SMILES string of the molecule is Cc1cc(C(N)C2CCOCC2)c(F)cc1F. The highest BCUT2D eigenvalue weighted by molar-refractivity contribution is 5.28. The van der Waals surface area contributed by atoms with Gasteiger partial charge in [0.05, 0.1) is 0 Å². The Bertz CT molecular complexity index is 403. The Balaban J connectivity index is 2.23. The molecule has 1 heterocycles. The third-order valence-corrected chi connectivity index (χ3v) is 3.41. The maximum Gasteiger partial charge on any atom is 0.130 e. The minimum Gasteiger partial charge on any atom is -0.381 e. The van der Waals surface area contributed by atoms with E-state index in [1.807, 2.05) is 0 Å². The smallest absolute Gasteiger partial charge is 0.130 e. The molecule has 0 spiro atoms. The maximum absolute atomic E-state index is 13.7. The monoisotopic (exact) mass is 241 g/mol. The molecule has 0 radical (unpaired) electrons. The standard InChI is InChI=1S/C13H17F2NO/c1-8-6-10(12(15)7-11(8)14)13(16)9-2-4-17-5-3-9/h6-7,9,13H,2-5,16H2,1H3. The molecule has 0 amide bonds. The van der Waals surface area contributed by atoms with E-state index < -0.39 is 11.6 Å². The summed E-state index contributed by atoms with van der Waals surface area (Å²) in [6.07, 6.45) is 1.66. The number of nitrogens with two attached hydrogens (primary N) is 1. The van der Waals surface area contributed by atoms with Crippen molar-refractivity contribution in [3.05, 3.63) is 34.9 Å². The van der Waals surface area contributed by atoms with E-state index in [-0.39, 0.29) is 12.0 Å². The summed E-state index contributed by atoms with van der Waals surface area (Å²) in [4.78, 5) is 0. The lowest BCUT2D eigenvalue weighted by Gasteiger charge is -2.28. The molecule has 0 saturated carbocycles. The molecule has 1 aliphatic rings. The van der Waals surface area contributed by atoms with Crippen LogP contribution >= 0.6 is 0 Å². The molecule has 2 N–H and O–H groups in total. The summed E-state index contributed by atoms with van der Waals surface area (Å²) in [6.45, 7) is 2.95. The minimum atomic E-state index is -0.549. The van der Waals surface area contributed by atoms with Crippen LogP contribution in [0.25, 0.3) is 0 Å². The third kappa shape index (κ3) is 2.64. The van der Waals surface area contributed by atoms with Gasteiger partial charge in [-0.05, 0) is 37.3 Å². The van der Waals surface area contributed by atoms with Crippen LogP contribution in [0.5, 0.6) is 0 Å². The zero-order valence-corrected chi connectivity index (χ0v) is 9.88. The van der Waals surface area contributed by atoms with E-state index >= 15 is 0 Å². The summed E-state index contributed by atoms with van der Waals surface area (Å²) in [5.74, 6) is -0.861. The molecular weight excluding hydrogens is 224 g/mol. The first-order valence-electron chi connectivity index (χ1n) is 5.88. The molecule has 2 rings (SSSR count). The Kier molecular flexibility index (Phi) is 3.74. The van der Waals surface area contributed by atoms with E-state index in [0.29, 0.717) is 24.3 Å². The predicted octanol–water partition coefficient (Wildman–Crippen LogP) is 2.70. The molecule has 0 bridgehead atoms. The van der Waals surface area contributed by atoms with Crippen molar-refractivity contribution in [2.45, 2.75) is 25.8 Å². The summed E-state index contributed by atoms with van der Waals surface area (Å²) in [7, 11) is 0. The number of hydrogen-bond acceptors (Lipinski definition) is 2. The predicted molar refractivity (Wildman–Crippen MR) is 61.6 cm³/mol. The van der Waals surface area contributed by atoms with Crippen LogP contribution in [0.1, 0.15) is 30.0 Å². The Hall–Kier alpha value is -1.00. The zero-order chi connectivity index (χ0) is 12.4. The molecule has 2 nitrogen and oxygen atoms in total. The lowest BCUT2D eigenvalue weighted by Crippen LogP contribution is -2.28. The Labute approximate surface area is 99.8 Å². The van der Waals surface area contributed by atoms with Crippen LogP contribution in [0.4, 0.5) is 8.78 Å². The van der Waals surface area contributed by atoms with Crippen molar-refractivity contribution in [3.63, 3.8) is 0 Å². The van der Waals surface area contributed by atoms with E-state index in [4.69, 9.17) is 10.5 Å². The van der Waals surface area contributed by atoms with Crippen molar-refractivity contribution in [2.75, 3.05) is 13.2 Å². The Morgan fingerprint density at radius 3 is 2.53 bits per heavy atom. The van der Waals surface area contributed by atoms with Crippen molar-refractivity contribution in [1.29, 1.82) is 0 Å². The highest BCUT2D eigenvalue weighted by Gasteiger charge is 2.25. The van der Waals surface area contributed by atoms with Gasteiger partial charge in [-0.25, -0.2) is 8.78 Å². The number of aryl methyl sites for hydroxylation is 1. The maximum atomic E-state index is 13.7. The van der Waals surface area contributed by atoms with Crippen LogP contribution < -0.4 is 5.73 Å². The fourth-order valence-electron chi connectivity index (χ4n) is 2.26. The molecule has 0 aliphatic carbocycles. The minimum absolute atomic E-state index is 0.211. The van der Waals surface area contributed by atoms with Crippen molar-refractivity contribution in [1.82, 2.24) is 0 Å². The van der Waals surface area contributed by atoms with Gasteiger partial charge < -0.3 is 10.5 Å². The van der Waals surface area contributed by atoms with Gasteiger partial charge in [-0.2, -0.15) is 0 Å². The van der Waals surface area contributed by atoms with E-state index in [1.54, 1.807) is 6.92 Å². The Morgan fingerprint density at radius 2 is 1.88 bits per heavy atom. The molecule has 1 aromatic rings. The van der Waals surface area contributed by atoms with Crippen molar-refractivity contribution in [3.8, 4) is 0 Å². The molecule has 1 aliphatic heterocycles. The second kappa shape index (κ2) is 5.10. The van der Waals surface area contributed by atoms with E-state index in [9.17, 15) is 8.78 Å². The van der Waals surface area contributed by atoms with Gasteiger partial charge in [0.25, 0.3) is 0 Å². The number of hydrogen-bond donors (Lipinski definition) is 1. The molecule has 0 aromatic heterocycles. The summed E-state index contributed by atoms with van der Waals surface area (Å²) >= 11 is 0. The number of benzene rings is 1. The number of ether oxygens (including phenoxy) is 1. The molecule has 17 heavy (non-hydrogen) atoms. The van der Waals surface area contributed by atoms with Crippen LogP contribution in [-0.4, -0.2) is 13.2 Å². The van der Waals surface area contributed by atoms with Crippen LogP contribution in [0.3, 0.4) is 0 Å². The summed E-state index contributed by atoms with van der Waals surface area (Å²) in [5, 5.41) is 0. The fourth-order valence-corrected chi connectivity index (χ4v) is 2.26. The van der Waals surface area contributed by atoms with Crippen molar-refractivity contribution >= 4 is 0 Å². The van der Waals surface area contributed by atoms with Crippen LogP contribution in [-0.2, 0) is 4.74 Å². The molecule has 1 unspecified atom stereocenters. The summed E-state index contributed by atoms with van der Waals surface area (Å²) in [6, 6.07) is 2.06. The Morgan fingerprint density at radius 1 is 1.24 bits per heavy atom. The molecule has 1 saturated heterocycles. The molecule has 1 atom stereocenters. The van der Waals surface area contributed by atoms with Gasteiger partial charge in [-0.15, -0.1) is 0 Å². The number of halogens is 2. The highest BCUT2D eigenvalue weighted by atomic mass is 19.1. The molecule has 94 valence electrons. The van der Waals surface area contributed by atoms with Crippen molar-refractivity contribution in [2.24, 2.45) is 11.7 Å². The normalized spacial score (nSPS) is 19.3. The summed E-state index contributed by atoms with van der Waals surface area (Å²) in [5.41, 5.74) is 6.92. The van der Waals surface area contributed by atoms with Gasteiger partial charge in [-0.3, -0.25) is 0 Å². The first-order valence-corrected chi connectivity index (χ1v) is 5.88. The van der Waals surface area contributed by atoms with E-state index in [1.165, 1.54) is 6.07 Å². The lowest BCUT2D eigenvalue weighted by molar-refractivity contribution is 0.0580. The van der Waals surface area contributed by atoms with Gasteiger partial charge >= 0.3 is 0 Å². The van der Waals surface area contributed by atoms with Crippen LogP contribution in [0.2, 0.25) is 0 Å². The molecule has 1 aromatic carbocycles. The zero-order valence-electron chi connectivity index (χ0n) is 9.88. The topological polar surface area (TPSA) is 35.2 Å². The van der Waals surface area contributed by atoms with Crippen LogP contribution in [0.15, 0.2) is 12.1 Å². The average molecular weight is 241 g/mol. The van der Waals surface area contributed by atoms with Crippen molar-refractivity contribution < 1.29 is 13.5 Å². The van der Waals surface area contributed by atoms with Gasteiger partial charge in [0.1, 0.15) is 11.6 Å². The van der Waals surface area contributed by atoms with Gasteiger partial charge in [0.15, 0.2) is 0 Å². The van der Waals surface area contributed by atoms with Gasteiger partial charge in [0, 0.05) is 30.9 Å². The lowest BCUT2D eigenvalue weighted by atomic mass is 9.87. The first-order chi connectivity index (χ1) is 8.09. The number of rotatable bonds is 2. The quantitative estimate of drug-likeness (QED) is 0.864. The highest BCUT2D eigenvalue weighted by Crippen LogP contribution is 2.30. The largest absolute Gasteiger partial charge is 0.381 e. The van der Waals surface area contributed by atoms with E-state index in [0.717, 1.165) is 18.9 Å². The van der Waals surface area contributed by atoms with Crippen LogP contribution in [0, 0.1) is 24.5 Å². The average Bonchev–Trinajstić information content (AvgIpc) is 2.34. The second-order valence-electron chi connectivity index (χ2n) is 4.60. The molecule has 4 heteroatoms. The van der Waals surface area contributed by atoms with E-state index in [2.05, 4.69) is 0 Å². The van der Waals surface area contributed by atoms with Gasteiger partial charge in [0.2, 0.25) is 0 Å². The van der Waals surface area contributed by atoms with Gasteiger partial charge in [-0.1, -0.05) is 0 Å². The molecular formula is C13H17F2NO. The fraction of sp³-hybridized carbons (Fsp3) is 0.538. The third-order valence-electron chi connectivity index (χ3n) is 3.41. The first kappa shape index (κ1) is 12.5. The second-order valence-corrected chi connectivity index (χ2v) is 4.60.